The third kappa shape index (κ3) is 4.03. The molecule has 0 saturated heterocycles. The molecule has 2 unspecified atom stereocenters. The molecule has 4 aliphatic rings. The molecule has 0 aromatic carbocycles. The normalized spacial score (nSPS) is 39.2. The largest absolute Gasteiger partial charge is 0.416 e. The van der Waals surface area contributed by atoms with Gasteiger partial charge in [-0.25, -0.2) is 0 Å². The van der Waals surface area contributed by atoms with E-state index in [-0.39, 0.29) is 0 Å². The molecule has 0 amide bonds. The van der Waals surface area contributed by atoms with E-state index < -0.39 is 8.32 Å². The minimum atomic E-state index is -1.81. The molecule has 4 aliphatic carbocycles. The molecular weight excluding hydrogens is 432 g/mol. The van der Waals surface area contributed by atoms with Gasteiger partial charge >= 0.3 is 0 Å². The van der Waals surface area contributed by atoms with Gasteiger partial charge in [-0.05, 0) is 95.6 Å². The maximum atomic E-state index is 12.2. The van der Waals surface area contributed by atoms with Gasteiger partial charge in [0, 0.05) is 19.4 Å². The van der Waals surface area contributed by atoms with Crippen LogP contribution in [-0.4, -0.2) is 20.7 Å². The first kappa shape index (κ1) is 26.6. The van der Waals surface area contributed by atoms with E-state index in [1.54, 1.807) is 0 Å². The molecule has 0 aromatic rings. The van der Waals surface area contributed by atoms with E-state index >= 15 is 0 Å². The van der Waals surface area contributed by atoms with E-state index in [0.29, 0.717) is 39.2 Å². The third-order valence-corrected chi connectivity index (χ3v) is 18.1. The van der Waals surface area contributed by atoms with Crippen LogP contribution in [0.4, 0.5) is 0 Å². The smallest absolute Gasteiger partial charge is 0.200 e. The second-order valence-electron chi connectivity index (χ2n) is 14.3. The van der Waals surface area contributed by atoms with Gasteiger partial charge in [0.15, 0.2) is 8.32 Å². The number of carbonyl (C=O) groups is 1. The van der Waals surface area contributed by atoms with Crippen molar-refractivity contribution < 1.29 is 9.22 Å². The lowest BCUT2D eigenvalue weighted by atomic mass is 9.47. The van der Waals surface area contributed by atoms with Gasteiger partial charge in [-0.1, -0.05) is 74.0 Å². The van der Waals surface area contributed by atoms with Crippen LogP contribution in [0.5, 0.6) is 0 Å². The number of rotatable bonds is 7. The van der Waals surface area contributed by atoms with Gasteiger partial charge in [-0.2, -0.15) is 0 Å². The molecule has 7 atom stereocenters. The molecular formula is C31H54O2Si. The molecule has 0 spiro atoms. The quantitative estimate of drug-likeness (QED) is 0.265. The fourth-order valence-corrected chi connectivity index (χ4v) is 15.9. The fraction of sp³-hybridized carbons (Fsp3) is 0.903. The Bertz CT molecular complexity index is 775. The van der Waals surface area contributed by atoms with Crippen LogP contribution in [0.15, 0.2) is 11.6 Å². The Balaban J connectivity index is 1.50. The molecule has 3 fully saturated rings. The summed E-state index contributed by atoms with van der Waals surface area (Å²) in [5.74, 6) is 4.39. The Kier molecular flexibility index (Phi) is 7.42. The van der Waals surface area contributed by atoms with Crippen LogP contribution >= 0.6 is 0 Å². The zero-order valence-electron chi connectivity index (χ0n) is 23.9. The highest BCUT2D eigenvalue weighted by Crippen LogP contribution is 2.67. The number of Topliss-reactive ketones (excluding diaryl/α,β-unsaturated/α-hetero) is 1. The molecule has 3 heteroatoms. The topological polar surface area (TPSA) is 26.3 Å². The summed E-state index contributed by atoms with van der Waals surface area (Å²) in [4.78, 5) is 12.2. The third-order valence-electron chi connectivity index (χ3n) is 12.0. The number of fused-ring (bicyclic) bond motifs is 5. The van der Waals surface area contributed by atoms with Gasteiger partial charge in [0.1, 0.15) is 5.78 Å². The minimum Gasteiger partial charge on any atom is -0.416 e. The van der Waals surface area contributed by atoms with E-state index in [0.717, 1.165) is 49.5 Å². The molecule has 0 heterocycles. The molecule has 0 bridgehead atoms. The summed E-state index contributed by atoms with van der Waals surface area (Å²) < 4.78 is 7.11. The van der Waals surface area contributed by atoms with E-state index in [4.69, 9.17) is 4.43 Å². The van der Waals surface area contributed by atoms with Crippen LogP contribution in [0.25, 0.3) is 0 Å². The van der Waals surface area contributed by atoms with Crippen LogP contribution < -0.4 is 0 Å². The second-order valence-corrected chi connectivity index (χ2v) is 19.8. The molecule has 3 saturated carbocycles. The Morgan fingerprint density at radius 2 is 1.59 bits per heavy atom. The highest BCUT2D eigenvalue weighted by Gasteiger charge is 2.59. The average Bonchev–Trinajstić information content (AvgIpc) is 3.11. The molecule has 0 radical (unpaired) electrons. The lowest BCUT2D eigenvalue weighted by Crippen LogP contribution is -2.51. The fourth-order valence-electron chi connectivity index (χ4n) is 10.3. The van der Waals surface area contributed by atoms with Crippen molar-refractivity contribution >= 4 is 14.1 Å². The van der Waals surface area contributed by atoms with Crippen LogP contribution in [0.1, 0.15) is 114 Å². The zero-order valence-corrected chi connectivity index (χ0v) is 24.9. The predicted octanol–water partition coefficient (Wildman–Crippen LogP) is 8.96. The Labute approximate surface area is 212 Å². The highest BCUT2D eigenvalue weighted by atomic mass is 28.4. The molecule has 0 aliphatic heterocycles. The number of carbonyl (C=O) groups excluding carboxylic acids is 1. The summed E-state index contributed by atoms with van der Waals surface area (Å²) in [6.45, 7) is 23.1. The van der Waals surface area contributed by atoms with Crippen molar-refractivity contribution in [2.24, 2.45) is 40.4 Å². The molecule has 34 heavy (non-hydrogen) atoms. The Morgan fingerprint density at radius 3 is 2.21 bits per heavy atom. The first-order chi connectivity index (χ1) is 15.9. The monoisotopic (exact) mass is 486 g/mol. The Morgan fingerprint density at radius 1 is 0.941 bits per heavy atom. The lowest BCUT2D eigenvalue weighted by molar-refractivity contribution is -0.122. The number of ketones is 1. The molecule has 2 nitrogen and oxygen atoms in total. The van der Waals surface area contributed by atoms with Crippen LogP contribution in [0, 0.1) is 40.4 Å². The summed E-state index contributed by atoms with van der Waals surface area (Å²) in [6.07, 6.45) is 11.9. The van der Waals surface area contributed by atoms with Crippen molar-refractivity contribution in [2.45, 2.75) is 130 Å². The second kappa shape index (κ2) is 9.47. The number of hydrogen-bond acceptors (Lipinski definition) is 2. The van der Waals surface area contributed by atoms with Crippen LogP contribution in [-0.2, 0) is 9.22 Å². The van der Waals surface area contributed by atoms with Crippen molar-refractivity contribution in [3.8, 4) is 0 Å². The standard InChI is InChI=1S/C31H54O2Si/c1-20(2)34(21(3)4,22(5)6)33-19-23(7)27-12-13-28-26-11-10-24-18-25(32)14-16-30(24,8)29(26)15-17-31(27,28)9/h10,20-23,26-29H,11-19H2,1-9H3/t23-,26?,27-,28+,29?,30+,31-/m1/s1. The predicted molar refractivity (Wildman–Crippen MR) is 146 cm³/mol. The number of allylic oxidation sites excluding steroid dienone is 2. The van der Waals surface area contributed by atoms with Gasteiger partial charge in [0.2, 0.25) is 0 Å². The van der Waals surface area contributed by atoms with E-state index in [1.165, 1.54) is 37.7 Å². The Hall–Kier alpha value is -0.413. The van der Waals surface area contributed by atoms with Gasteiger partial charge in [0.05, 0.1) is 0 Å². The summed E-state index contributed by atoms with van der Waals surface area (Å²) in [5.41, 5.74) is 4.24. The maximum absolute atomic E-state index is 12.2. The van der Waals surface area contributed by atoms with Gasteiger partial charge in [-0.15, -0.1) is 0 Å². The van der Waals surface area contributed by atoms with Gasteiger partial charge < -0.3 is 4.43 Å². The first-order valence-corrected chi connectivity index (χ1v) is 16.9. The van der Waals surface area contributed by atoms with Crippen molar-refractivity contribution in [3.63, 3.8) is 0 Å². The summed E-state index contributed by atoms with van der Waals surface area (Å²) >= 11 is 0. The minimum absolute atomic E-state index is 0.294. The van der Waals surface area contributed by atoms with Crippen molar-refractivity contribution in [3.05, 3.63) is 11.6 Å². The van der Waals surface area contributed by atoms with Gasteiger partial charge in [0.25, 0.3) is 0 Å². The zero-order chi connectivity index (χ0) is 25.1. The van der Waals surface area contributed by atoms with Crippen molar-refractivity contribution in [2.75, 3.05) is 6.61 Å². The van der Waals surface area contributed by atoms with Gasteiger partial charge in [-0.3, -0.25) is 4.79 Å². The van der Waals surface area contributed by atoms with Crippen LogP contribution in [0.3, 0.4) is 0 Å². The average molecular weight is 487 g/mol. The SMILES string of the molecule is CC(C)[Si](OC[C@@H](C)[C@H]1CC[C@H]2C3CC=C4CC(=O)CC[C@]4(C)C3CC[C@]12C)(C(C)C)C(C)C. The highest BCUT2D eigenvalue weighted by molar-refractivity contribution is 6.77. The maximum Gasteiger partial charge on any atom is 0.200 e. The van der Waals surface area contributed by atoms with Crippen LogP contribution in [0.2, 0.25) is 16.6 Å². The molecule has 0 N–H and O–H groups in total. The molecule has 0 aromatic heterocycles. The van der Waals surface area contributed by atoms with E-state index in [9.17, 15) is 4.79 Å². The van der Waals surface area contributed by atoms with Crippen molar-refractivity contribution in [1.82, 2.24) is 0 Å². The number of hydrogen-bond donors (Lipinski definition) is 0. The lowest BCUT2D eigenvalue weighted by Gasteiger charge is -2.58. The van der Waals surface area contributed by atoms with E-state index in [1.807, 2.05) is 0 Å². The molecule has 4 rings (SSSR count). The van der Waals surface area contributed by atoms with Crippen molar-refractivity contribution in [1.29, 1.82) is 0 Å². The van der Waals surface area contributed by atoms with E-state index in [2.05, 4.69) is 68.4 Å². The first-order valence-electron chi connectivity index (χ1n) is 14.7. The summed E-state index contributed by atoms with van der Waals surface area (Å²) in [7, 11) is -1.81. The summed E-state index contributed by atoms with van der Waals surface area (Å²) in [5, 5.41) is 0. The summed E-state index contributed by atoms with van der Waals surface area (Å²) in [6, 6.07) is 0. The molecule has 194 valence electrons.